The predicted octanol–water partition coefficient (Wildman–Crippen LogP) is 6.05. The van der Waals surface area contributed by atoms with Crippen molar-refractivity contribution >= 4 is 45.9 Å². The summed E-state index contributed by atoms with van der Waals surface area (Å²) in [6.07, 6.45) is 3.97. The molecule has 13 heteroatoms. The number of fused-ring (bicyclic) bond motifs is 1. The quantitative estimate of drug-likeness (QED) is 0.159. The van der Waals surface area contributed by atoms with Gasteiger partial charge >= 0.3 is 5.97 Å². The Morgan fingerprint density at radius 3 is 2.64 bits per heavy atom. The fourth-order valence-corrected chi connectivity index (χ4v) is 7.24. The first-order chi connectivity index (χ1) is 21.0. The van der Waals surface area contributed by atoms with E-state index in [0.29, 0.717) is 33.2 Å². The summed E-state index contributed by atoms with van der Waals surface area (Å²) in [5.74, 6) is -0.632. The molecule has 0 fully saturated rings. The normalized spacial score (nSPS) is 14.6. The van der Waals surface area contributed by atoms with Crippen LogP contribution in [-0.2, 0) is 28.9 Å². The first-order valence-corrected chi connectivity index (χ1v) is 16.1. The molecular formula is C31H34FN5O5S2. The van der Waals surface area contributed by atoms with Crippen LogP contribution in [0.3, 0.4) is 0 Å². The lowest BCUT2D eigenvalue weighted by Crippen LogP contribution is -2.26. The largest absolute Gasteiger partial charge is 0.462 e. The molecule has 4 aromatic rings. The van der Waals surface area contributed by atoms with E-state index in [-0.39, 0.29) is 36.0 Å². The summed E-state index contributed by atoms with van der Waals surface area (Å²) in [7, 11) is 0. The van der Waals surface area contributed by atoms with Crippen molar-refractivity contribution in [2.75, 3.05) is 17.7 Å². The van der Waals surface area contributed by atoms with Crippen LogP contribution in [-0.4, -0.2) is 44.9 Å². The minimum atomic E-state index is -0.431. The number of esters is 1. The van der Waals surface area contributed by atoms with Crippen LogP contribution in [0.2, 0.25) is 0 Å². The van der Waals surface area contributed by atoms with Gasteiger partial charge in [-0.3, -0.25) is 14.2 Å². The molecule has 2 N–H and O–H groups in total. The zero-order valence-electron chi connectivity index (χ0n) is 24.9. The van der Waals surface area contributed by atoms with E-state index < -0.39 is 17.7 Å². The van der Waals surface area contributed by atoms with Gasteiger partial charge in [0.05, 0.1) is 30.7 Å². The van der Waals surface area contributed by atoms with Gasteiger partial charge in [-0.05, 0) is 79.5 Å². The Morgan fingerprint density at radius 1 is 1.18 bits per heavy atom. The van der Waals surface area contributed by atoms with E-state index >= 15 is 0 Å². The molecule has 0 radical (unpaired) electrons. The van der Waals surface area contributed by atoms with Crippen molar-refractivity contribution in [2.45, 2.75) is 58.7 Å². The number of aromatic nitrogens is 3. The minimum Gasteiger partial charge on any atom is -0.462 e. The van der Waals surface area contributed by atoms with E-state index in [9.17, 15) is 18.8 Å². The lowest BCUT2D eigenvalue weighted by molar-refractivity contribution is -0.113. The molecule has 0 aliphatic heterocycles. The van der Waals surface area contributed by atoms with Gasteiger partial charge in [0.2, 0.25) is 5.91 Å². The molecule has 1 aliphatic rings. The van der Waals surface area contributed by atoms with Gasteiger partial charge in [-0.1, -0.05) is 32.5 Å². The van der Waals surface area contributed by atoms with Gasteiger partial charge in [0.25, 0.3) is 5.91 Å². The third-order valence-electron chi connectivity index (χ3n) is 7.49. The van der Waals surface area contributed by atoms with Crippen LogP contribution in [0.4, 0.5) is 9.39 Å². The number of furan rings is 1. The molecule has 2 amide bonds. The van der Waals surface area contributed by atoms with Gasteiger partial charge in [-0.25, -0.2) is 9.18 Å². The molecule has 44 heavy (non-hydrogen) atoms. The number of halogens is 1. The Morgan fingerprint density at radius 2 is 1.95 bits per heavy atom. The number of anilines is 1. The van der Waals surface area contributed by atoms with Crippen molar-refractivity contribution in [1.82, 2.24) is 20.1 Å². The molecule has 0 saturated heterocycles. The number of nitrogens with one attached hydrogen (secondary N) is 2. The lowest BCUT2D eigenvalue weighted by Gasteiger charge is -2.33. The van der Waals surface area contributed by atoms with Crippen LogP contribution >= 0.6 is 23.1 Å². The van der Waals surface area contributed by atoms with Crippen LogP contribution in [0.5, 0.6) is 0 Å². The number of rotatable bonds is 10. The molecule has 0 bridgehead atoms. The molecule has 10 nitrogen and oxygen atoms in total. The zero-order chi connectivity index (χ0) is 31.4. The number of thioether (sulfide) groups is 1. The SMILES string of the molecule is CCOC(=O)c1c(NC(=O)CSc2nnc(CNC(=O)c3ccco3)n2-c2ccc(F)cc2)sc2c1CCC(C(C)(C)C)C2. The number of ether oxygens (including phenoxy) is 1. The Hall–Kier alpha value is -3.97. The Bertz CT molecular complexity index is 1640. The second-order valence-electron chi connectivity index (χ2n) is 11.4. The van der Waals surface area contributed by atoms with Crippen LogP contribution in [0.15, 0.2) is 52.2 Å². The van der Waals surface area contributed by atoms with Crippen molar-refractivity contribution in [3.63, 3.8) is 0 Å². The second-order valence-corrected chi connectivity index (χ2v) is 13.5. The van der Waals surface area contributed by atoms with Crippen LogP contribution in [0.25, 0.3) is 5.69 Å². The molecular weight excluding hydrogens is 606 g/mol. The highest BCUT2D eigenvalue weighted by Crippen LogP contribution is 2.44. The number of carbonyl (C=O) groups excluding carboxylic acids is 3. The van der Waals surface area contributed by atoms with Gasteiger partial charge < -0.3 is 19.8 Å². The standard InChI is InChI=1S/C31H34FN5O5S2/c1-5-41-29(40)26-21-13-8-18(31(2,3)4)15-23(21)44-28(26)34-25(38)17-43-30-36-35-24(16-33-27(39)22-7-6-14-42-22)37(30)20-11-9-19(32)10-12-20/h6-7,9-12,14,18H,5,8,13,15-17H2,1-4H3,(H,33,39)(H,34,38). The zero-order valence-corrected chi connectivity index (χ0v) is 26.6. The van der Waals surface area contributed by atoms with Crippen LogP contribution in [0.1, 0.15) is 71.3 Å². The third-order valence-corrected chi connectivity index (χ3v) is 9.59. The Balaban J connectivity index is 1.34. The third kappa shape index (κ3) is 7.05. The van der Waals surface area contributed by atoms with Crippen molar-refractivity contribution in [1.29, 1.82) is 0 Å². The molecule has 3 heterocycles. The summed E-state index contributed by atoms with van der Waals surface area (Å²) in [6.45, 7) is 8.69. The van der Waals surface area contributed by atoms with E-state index in [1.807, 2.05) is 0 Å². The predicted molar refractivity (Wildman–Crippen MR) is 166 cm³/mol. The average molecular weight is 640 g/mol. The number of nitrogens with zero attached hydrogens (tertiary/aromatic N) is 3. The van der Waals surface area contributed by atoms with E-state index in [0.717, 1.165) is 41.5 Å². The molecule has 1 atom stereocenters. The summed E-state index contributed by atoms with van der Waals surface area (Å²) >= 11 is 2.57. The highest BCUT2D eigenvalue weighted by molar-refractivity contribution is 7.99. The molecule has 5 rings (SSSR count). The van der Waals surface area contributed by atoms with Crippen LogP contribution in [0, 0.1) is 17.2 Å². The van der Waals surface area contributed by atoms with Gasteiger partial charge in [0, 0.05) is 10.6 Å². The number of thiophene rings is 1. The number of amides is 2. The monoisotopic (exact) mass is 639 g/mol. The fraction of sp³-hybridized carbons (Fsp3) is 0.387. The highest BCUT2D eigenvalue weighted by Gasteiger charge is 2.34. The Labute approximate surface area is 262 Å². The topological polar surface area (TPSA) is 128 Å². The highest BCUT2D eigenvalue weighted by atomic mass is 32.2. The average Bonchev–Trinajstić information content (AvgIpc) is 3.73. The van der Waals surface area contributed by atoms with Gasteiger partial charge in [-0.2, -0.15) is 0 Å². The maximum atomic E-state index is 13.7. The number of carbonyl (C=O) groups is 3. The van der Waals surface area contributed by atoms with E-state index in [1.165, 1.54) is 29.7 Å². The summed E-state index contributed by atoms with van der Waals surface area (Å²) in [6, 6.07) is 8.89. The molecule has 0 saturated carbocycles. The summed E-state index contributed by atoms with van der Waals surface area (Å²) in [4.78, 5) is 39.8. The fourth-order valence-electron chi connectivity index (χ4n) is 5.14. The number of hydrogen-bond donors (Lipinski definition) is 2. The van der Waals surface area contributed by atoms with E-state index in [4.69, 9.17) is 9.15 Å². The molecule has 0 spiro atoms. The van der Waals surface area contributed by atoms with Crippen molar-refractivity contribution in [2.24, 2.45) is 11.3 Å². The summed E-state index contributed by atoms with van der Waals surface area (Å²) < 4.78 is 25.9. The first kappa shape index (κ1) is 31.5. The molecule has 3 aromatic heterocycles. The molecule has 1 aliphatic carbocycles. The van der Waals surface area contributed by atoms with Gasteiger partial charge in [-0.15, -0.1) is 21.5 Å². The maximum Gasteiger partial charge on any atom is 0.341 e. The van der Waals surface area contributed by atoms with Crippen molar-refractivity contribution in [3.05, 3.63) is 76.1 Å². The number of hydrogen-bond acceptors (Lipinski definition) is 9. The Kier molecular flexibility index (Phi) is 9.54. The maximum absolute atomic E-state index is 13.7. The molecule has 1 unspecified atom stereocenters. The van der Waals surface area contributed by atoms with Crippen LogP contribution < -0.4 is 10.6 Å². The lowest BCUT2D eigenvalue weighted by atomic mass is 9.72. The molecule has 1 aromatic carbocycles. The van der Waals surface area contributed by atoms with Crippen molar-refractivity contribution < 1.29 is 27.9 Å². The van der Waals surface area contributed by atoms with Gasteiger partial charge in [0.1, 0.15) is 10.8 Å². The first-order valence-electron chi connectivity index (χ1n) is 14.3. The molecule has 232 valence electrons. The number of benzene rings is 1. The summed E-state index contributed by atoms with van der Waals surface area (Å²) in [5, 5.41) is 15.0. The minimum absolute atomic E-state index is 0.00980. The van der Waals surface area contributed by atoms with E-state index in [2.05, 4.69) is 41.6 Å². The summed E-state index contributed by atoms with van der Waals surface area (Å²) in [5.41, 5.74) is 2.11. The van der Waals surface area contributed by atoms with E-state index in [1.54, 1.807) is 35.8 Å². The van der Waals surface area contributed by atoms with Gasteiger partial charge in [0.15, 0.2) is 16.7 Å². The van der Waals surface area contributed by atoms with Crippen molar-refractivity contribution in [3.8, 4) is 5.69 Å². The second kappa shape index (κ2) is 13.3. The smallest absolute Gasteiger partial charge is 0.341 e.